The maximum Gasteiger partial charge on any atom is 0.263 e. The molecule has 6 heterocycles. The number of fused-ring (bicyclic) bond motifs is 1. The number of imide groups is 1. The van der Waals surface area contributed by atoms with Crippen molar-refractivity contribution in [1.82, 2.24) is 34.6 Å². The lowest BCUT2D eigenvalue weighted by molar-refractivity contribution is -0.134. The first-order valence-electron chi connectivity index (χ1n) is 18.5. The number of aryl methyl sites for hydroxylation is 1. The molecule has 0 spiro atoms. The smallest absolute Gasteiger partial charge is 0.263 e. The molecule has 13 heteroatoms. The van der Waals surface area contributed by atoms with Crippen LogP contribution in [0.25, 0.3) is 11.0 Å². The Bertz CT molecular complexity index is 2060. The molecule has 4 aromatic rings. The van der Waals surface area contributed by atoms with Crippen LogP contribution in [0.15, 0.2) is 53.6 Å². The van der Waals surface area contributed by atoms with Crippen LogP contribution in [0.3, 0.4) is 0 Å². The third-order valence-corrected chi connectivity index (χ3v) is 11.4. The summed E-state index contributed by atoms with van der Waals surface area (Å²) in [5, 5.41) is 6.40. The minimum absolute atomic E-state index is 0.0237. The second-order valence-electron chi connectivity index (χ2n) is 14.7. The SMILES string of the molecule is CC(=O)c1c(C)c2cnc(Nc3ccc(N4CCN(C5CN(Cc6ccc(C7CCC(=O)NC7=O)cc6)C5)CC4)cn3)nc2n(C2CCCC2)c1=O. The number of aromatic nitrogens is 4. The van der Waals surface area contributed by atoms with E-state index >= 15 is 0 Å². The van der Waals surface area contributed by atoms with Crippen LogP contribution in [0.1, 0.15) is 84.5 Å². The van der Waals surface area contributed by atoms with Crippen molar-refractivity contribution in [3.8, 4) is 0 Å². The summed E-state index contributed by atoms with van der Waals surface area (Å²) in [6, 6.07) is 12.9. The largest absolute Gasteiger partial charge is 0.368 e. The molecule has 4 fully saturated rings. The molecule has 3 aromatic heterocycles. The summed E-state index contributed by atoms with van der Waals surface area (Å²) in [5.41, 5.74) is 4.43. The van der Waals surface area contributed by atoms with Crippen LogP contribution in [0.2, 0.25) is 0 Å². The third-order valence-electron chi connectivity index (χ3n) is 11.4. The van der Waals surface area contributed by atoms with E-state index in [1.165, 1.54) is 12.5 Å². The molecule has 270 valence electrons. The van der Waals surface area contributed by atoms with Gasteiger partial charge in [0.15, 0.2) is 5.78 Å². The summed E-state index contributed by atoms with van der Waals surface area (Å²) in [7, 11) is 0. The van der Waals surface area contributed by atoms with Gasteiger partial charge in [0.2, 0.25) is 17.8 Å². The van der Waals surface area contributed by atoms with Crippen molar-refractivity contribution in [2.75, 3.05) is 49.5 Å². The molecule has 2 N–H and O–H groups in total. The number of hydrogen-bond acceptors (Lipinski definition) is 11. The van der Waals surface area contributed by atoms with Crippen molar-refractivity contribution in [2.45, 2.75) is 76.9 Å². The van der Waals surface area contributed by atoms with Crippen molar-refractivity contribution in [3.63, 3.8) is 0 Å². The highest BCUT2D eigenvalue weighted by atomic mass is 16.2. The van der Waals surface area contributed by atoms with Gasteiger partial charge in [-0.05, 0) is 61.9 Å². The van der Waals surface area contributed by atoms with Gasteiger partial charge in [0.25, 0.3) is 5.56 Å². The molecule has 4 aliphatic rings. The fourth-order valence-corrected chi connectivity index (χ4v) is 8.44. The first kappa shape index (κ1) is 34.1. The van der Waals surface area contributed by atoms with Crippen molar-refractivity contribution < 1.29 is 14.4 Å². The van der Waals surface area contributed by atoms with Crippen LogP contribution >= 0.6 is 0 Å². The summed E-state index contributed by atoms with van der Waals surface area (Å²) in [4.78, 5) is 71.1. The average molecular weight is 704 g/mol. The highest BCUT2D eigenvalue weighted by Crippen LogP contribution is 2.32. The van der Waals surface area contributed by atoms with Gasteiger partial charge in [0.05, 0.1) is 23.4 Å². The summed E-state index contributed by atoms with van der Waals surface area (Å²) in [6.45, 7) is 10.1. The molecule has 1 aliphatic carbocycles. The van der Waals surface area contributed by atoms with E-state index in [1.54, 1.807) is 17.7 Å². The van der Waals surface area contributed by atoms with E-state index in [0.717, 1.165) is 88.1 Å². The number of hydrogen-bond donors (Lipinski definition) is 2. The maximum atomic E-state index is 13.5. The molecule has 52 heavy (non-hydrogen) atoms. The van der Waals surface area contributed by atoms with E-state index in [4.69, 9.17) is 4.98 Å². The number of benzene rings is 1. The van der Waals surface area contributed by atoms with Gasteiger partial charge in [0.1, 0.15) is 11.5 Å². The molecule has 1 unspecified atom stereocenters. The van der Waals surface area contributed by atoms with Crippen LogP contribution in [-0.2, 0) is 16.1 Å². The Labute approximate surface area is 302 Å². The molecule has 8 rings (SSSR count). The van der Waals surface area contributed by atoms with Gasteiger partial charge in [-0.1, -0.05) is 37.1 Å². The Morgan fingerprint density at radius 3 is 2.33 bits per heavy atom. The van der Waals surface area contributed by atoms with Gasteiger partial charge >= 0.3 is 0 Å². The van der Waals surface area contributed by atoms with Gasteiger partial charge < -0.3 is 10.2 Å². The molecule has 2 amide bonds. The summed E-state index contributed by atoms with van der Waals surface area (Å²) in [6.07, 6.45) is 8.44. The number of ketones is 1. The zero-order valence-electron chi connectivity index (χ0n) is 29.8. The number of rotatable bonds is 9. The molecule has 1 aromatic carbocycles. The highest BCUT2D eigenvalue weighted by molar-refractivity contribution is 6.01. The first-order chi connectivity index (χ1) is 25.2. The second kappa shape index (κ2) is 14.2. The number of amides is 2. The Morgan fingerprint density at radius 1 is 0.904 bits per heavy atom. The monoisotopic (exact) mass is 703 g/mol. The van der Waals surface area contributed by atoms with Crippen LogP contribution in [0.4, 0.5) is 17.5 Å². The van der Waals surface area contributed by atoms with Gasteiger partial charge in [0, 0.05) is 75.9 Å². The topological polar surface area (TPSA) is 146 Å². The van der Waals surface area contributed by atoms with E-state index in [9.17, 15) is 19.2 Å². The van der Waals surface area contributed by atoms with Gasteiger partial charge in [-0.25, -0.2) is 9.97 Å². The standard InChI is InChI=1S/C39H45N9O4/c1-24-32-20-41-39(44-36(32)48(28-5-3-4-6-28)38(52)35(24)25(2)49)42-33-13-11-29(19-40-33)46-15-17-47(18-16-46)30-22-45(23-30)21-26-7-9-27(10-8-26)31-12-14-34(50)43-37(31)51/h7-11,13,19-20,28,30-31H,3-6,12,14-18,21-23H2,1-2H3,(H,43,50,51)(H,40,41,42,44). The van der Waals surface area contributed by atoms with Gasteiger partial charge in [-0.3, -0.25) is 38.9 Å². The number of pyridine rings is 2. The van der Waals surface area contributed by atoms with Crippen molar-refractivity contribution >= 4 is 46.1 Å². The number of carbonyl (C=O) groups is 3. The fourth-order valence-electron chi connectivity index (χ4n) is 8.44. The number of piperazine rings is 1. The summed E-state index contributed by atoms with van der Waals surface area (Å²) >= 11 is 0. The fraction of sp³-hybridized carbons (Fsp3) is 0.462. The first-order valence-corrected chi connectivity index (χ1v) is 18.5. The Balaban J connectivity index is 0.843. The number of carbonyl (C=O) groups excluding carboxylic acids is 3. The lowest BCUT2D eigenvalue weighted by atomic mass is 9.90. The van der Waals surface area contributed by atoms with E-state index < -0.39 is 0 Å². The van der Waals surface area contributed by atoms with E-state index in [-0.39, 0.29) is 40.7 Å². The maximum absolute atomic E-state index is 13.5. The number of likely N-dealkylation sites (tertiary alicyclic amines) is 1. The number of Topliss-reactive ketones (excluding diaryl/α,β-unsaturated/α-hetero) is 1. The Morgan fingerprint density at radius 2 is 1.65 bits per heavy atom. The van der Waals surface area contributed by atoms with Crippen LogP contribution < -0.4 is 21.1 Å². The van der Waals surface area contributed by atoms with E-state index in [2.05, 4.69) is 53.5 Å². The van der Waals surface area contributed by atoms with Crippen molar-refractivity contribution in [2.24, 2.45) is 0 Å². The zero-order chi connectivity index (χ0) is 35.9. The number of piperidine rings is 1. The van der Waals surface area contributed by atoms with Crippen molar-refractivity contribution in [1.29, 1.82) is 0 Å². The number of anilines is 3. The predicted octanol–water partition coefficient (Wildman–Crippen LogP) is 4.08. The second-order valence-corrected chi connectivity index (χ2v) is 14.7. The van der Waals surface area contributed by atoms with Crippen LogP contribution in [0, 0.1) is 6.92 Å². The molecule has 13 nitrogen and oxygen atoms in total. The third kappa shape index (κ3) is 6.70. The quantitative estimate of drug-likeness (QED) is 0.192. The predicted molar refractivity (Wildman–Crippen MR) is 198 cm³/mol. The minimum Gasteiger partial charge on any atom is -0.368 e. The molecule has 0 bridgehead atoms. The molecule has 3 aliphatic heterocycles. The highest BCUT2D eigenvalue weighted by Gasteiger charge is 2.34. The Kier molecular flexibility index (Phi) is 9.31. The minimum atomic E-state index is -0.262. The molecule has 0 radical (unpaired) electrons. The zero-order valence-corrected chi connectivity index (χ0v) is 29.8. The molecule has 3 saturated heterocycles. The van der Waals surface area contributed by atoms with Crippen LogP contribution in [-0.4, -0.2) is 92.2 Å². The molecular formula is C39H45N9O4. The summed E-state index contributed by atoms with van der Waals surface area (Å²) in [5.74, 6) is 0.129. The molecular weight excluding hydrogens is 658 g/mol. The number of nitrogens with zero attached hydrogens (tertiary/aromatic N) is 7. The van der Waals surface area contributed by atoms with Gasteiger partial charge in [-0.15, -0.1) is 0 Å². The van der Waals surface area contributed by atoms with Crippen molar-refractivity contribution in [3.05, 3.63) is 81.4 Å². The number of nitrogens with one attached hydrogen (secondary N) is 2. The molecule has 1 saturated carbocycles. The van der Waals surface area contributed by atoms with Crippen LogP contribution in [0.5, 0.6) is 0 Å². The lowest BCUT2D eigenvalue weighted by Crippen LogP contribution is -2.62. The average Bonchev–Trinajstić information content (AvgIpc) is 3.65. The lowest BCUT2D eigenvalue weighted by Gasteiger charge is -2.48. The molecule has 1 atom stereocenters. The summed E-state index contributed by atoms with van der Waals surface area (Å²) < 4.78 is 1.72. The Hall–Kier alpha value is -5.01. The van der Waals surface area contributed by atoms with Gasteiger partial charge in [-0.2, -0.15) is 4.98 Å². The van der Waals surface area contributed by atoms with E-state index in [1.807, 2.05) is 24.4 Å². The normalized spacial score (nSPS) is 20.7. The van der Waals surface area contributed by atoms with E-state index in [0.29, 0.717) is 41.9 Å².